The fraction of sp³-hybridized carbons (Fsp3) is 0.500. The molecule has 0 aliphatic heterocycles. The van der Waals surface area contributed by atoms with Gasteiger partial charge >= 0.3 is 0 Å². The molecule has 3 nitrogen and oxygen atoms in total. The Bertz CT molecular complexity index is 427. The van der Waals surface area contributed by atoms with Gasteiger partial charge in [0.15, 0.2) is 0 Å². The van der Waals surface area contributed by atoms with Crippen molar-refractivity contribution < 1.29 is 0 Å². The van der Waals surface area contributed by atoms with Crippen molar-refractivity contribution in [2.75, 3.05) is 0 Å². The maximum Gasteiger partial charge on any atom is 0.140 e. The van der Waals surface area contributed by atoms with Crippen molar-refractivity contribution >= 4 is 17.2 Å². The van der Waals surface area contributed by atoms with E-state index < -0.39 is 0 Å². The molecule has 0 amide bonds. The molecule has 0 unspecified atom stereocenters. The maximum absolute atomic E-state index is 5.85. The lowest BCUT2D eigenvalue weighted by Crippen LogP contribution is -2.03. The lowest BCUT2D eigenvalue weighted by Gasteiger charge is -2.07. The topological polar surface area (TPSA) is 22.2 Å². The highest BCUT2D eigenvalue weighted by molar-refractivity contribution is 6.17. The largest absolute Gasteiger partial charge is 0.331 e. The molecule has 0 saturated carbocycles. The normalized spacial score (nSPS) is 11.7. The van der Waals surface area contributed by atoms with Gasteiger partial charge in [-0.25, -0.2) is 4.52 Å². The van der Waals surface area contributed by atoms with Gasteiger partial charge in [0.1, 0.15) is 5.65 Å². The Balaban J connectivity index is 2.48. The summed E-state index contributed by atoms with van der Waals surface area (Å²) in [7, 11) is 0. The predicted octanol–water partition coefficient (Wildman–Crippen LogP) is 2.53. The Morgan fingerprint density at radius 1 is 1.43 bits per heavy atom. The average molecular weight is 212 g/mol. The summed E-state index contributed by atoms with van der Waals surface area (Å²) in [6, 6.07) is 0. The van der Waals surface area contributed by atoms with Gasteiger partial charge in [-0.15, -0.1) is 11.6 Å². The summed E-state index contributed by atoms with van der Waals surface area (Å²) in [6.07, 6.45) is 5.85. The number of fused-ring (bicyclic) bond motifs is 1. The number of halogens is 1. The van der Waals surface area contributed by atoms with Gasteiger partial charge in [-0.3, -0.25) is 0 Å². The average Bonchev–Trinajstić information content (AvgIpc) is 2.67. The molecule has 2 rings (SSSR count). The third kappa shape index (κ3) is 1.52. The fourth-order valence-corrected chi connectivity index (χ4v) is 1.85. The zero-order chi connectivity index (χ0) is 10.1. The van der Waals surface area contributed by atoms with Gasteiger partial charge in [0, 0.05) is 24.5 Å². The van der Waals surface area contributed by atoms with Crippen molar-refractivity contribution in [3.05, 3.63) is 24.2 Å². The Morgan fingerprint density at radius 2 is 2.21 bits per heavy atom. The molecule has 2 aromatic heterocycles. The smallest absolute Gasteiger partial charge is 0.140 e. The van der Waals surface area contributed by atoms with Gasteiger partial charge in [-0.1, -0.05) is 13.8 Å². The molecular formula is C10H14ClN3. The fourth-order valence-electron chi connectivity index (χ4n) is 1.67. The molecule has 76 valence electrons. The quantitative estimate of drug-likeness (QED) is 0.716. The predicted molar refractivity (Wildman–Crippen MR) is 57.6 cm³/mol. The lowest BCUT2D eigenvalue weighted by atomic mass is 10.2. The van der Waals surface area contributed by atoms with Crippen molar-refractivity contribution in [3.8, 4) is 0 Å². The molecule has 0 fully saturated rings. The van der Waals surface area contributed by atoms with E-state index in [0.29, 0.717) is 11.8 Å². The van der Waals surface area contributed by atoms with Crippen LogP contribution < -0.4 is 0 Å². The highest BCUT2D eigenvalue weighted by Gasteiger charge is 2.08. The number of rotatable bonds is 3. The Kier molecular flexibility index (Phi) is 2.50. The van der Waals surface area contributed by atoms with Crippen LogP contribution in [0.5, 0.6) is 0 Å². The molecule has 0 bridgehead atoms. The molecule has 0 aliphatic carbocycles. The van der Waals surface area contributed by atoms with Crippen LogP contribution in [-0.4, -0.2) is 14.2 Å². The van der Waals surface area contributed by atoms with Crippen LogP contribution in [0, 0.1) is 5.92 Å². The summed E-state index contributed by atoms with van der Waals surface area (Å²) in [5.41, 5.74) is 2.21. The van der Waals surface area contributed by atoms with Crippen LogP contribution in [0.1, 0.15) is 19.4 Å². The minimum Gasteiger partial charge on any atom is -0.331 e. The highest BCUT2D eigenvalue weighted by atomic mass is 35.5. The van der Waals surface area contributed by atoms with E-state index in [9.17, 15) is 0 Å². The van der Waals surface area contributed by atoms with Crippen LogP contribution in [0.15, 0.2) is 18.6 Å². The van der Waals surface area contributed by atoms with Gasteiger partial charge in [-0.05, 0) is 5.92 Å². The minimum atomic E-state index is 0.519. The summed E-state index contributed by atoms with van der Waals surface area (Å²) in [5, 5.41) is 4.23. The summed E-state index contributed by atoms with van der Waals surface area (Å²) >= 11 is 5.85. The van der Waals surface area contributed by atoms with Gasteiger partial charge in [0.05, 0.1) is 12.1 Å². The molecular weight excluding hydrogens is 198 g/mol. The Morgan fingerprint density at radius 3 is 2.86 bits per heavy atom. The molecule has 0 spiro atoms. The second kappa shape index (κ2) is 3.65. The first-order valence-electron chi connectivity index (χ1n) is 4.79. The molecule has 0 aromatic carbocycles. The van der Waals surface area contributed by atoms with Crippen LogP contribution in [0.2, 0.25) is 0 Å². The van der Waals surface area contributed by atoms with Gasteiger partial charge < -0.3 is 4.57 Å². The van der Waals surface area contributed by atoms with Crippen molar-refractivity contribution in [1.29, 1.82) is 0 Å². The summed E-state index contributed by atoms with van der Waals surface area (Å²) in [4.78, 5) is 0. The molecule has 0 aliphatic rings. The third-order valence-corrected chi connectivity index (χ3v) is 2.50. The van der Waals surface area contributed by atoms with Crippen molar-refractivity contribution in [1.82, 2.24) is 14.2 Å². The lowest BCUT2D eigenvalue weighted by molar-refractivity contribution is 0.533. The van der Waals surface area contributed by atoms with E-state index in [2.05, 4.69) is 29.7 Å². The molecule has 14 heavy (non-hydrogen) atoms. The minimum absolute atomic E-state index is 0.519. The number of imidazole rings is 1. The van der Waals surface area contributed by atoms with Crippen LogP contribution in [0.25, 0.3) is 5.65 Å². The van der Waals surface area contributed by atoms with Crippen LogP contribution >= 0.6 is 11.6 Å². The molecule has 0 saturated heterocycles. The van der Waals surface area contributed by atoms with Gasteiger partial charge in [-0.2, -0.15) is 5.10 Å². The summed E-state index contributed by atoms with van der Waals surface area (Å²) in [6.45, 7) is 5.41. The zero-order valence-corrected chi connectivity index (χ0v) is 9.20. The first kappa shape index (κ1) is 9.59. The first-order valence-corrected chi connectivity index (χ1v) is 5.33. The van der Waals surface area contributed by atoms with E-state index in [1.165, 1.54) is 0 Å². The standard InChI is InChI=1S/C10H14ClN3/c1-8(2)7-13-3-4-14-10(13)9(5-11)6-12-14/h3-4,6,8H,5,7H2,1-2H3. The van der Waals surface area contributed by atoms with Crippen LogP contribution in [-0.2, 0) is 12.4 Å². The first-order chi connectivity index (χ1) is 6.72. The molecule has 2 heterocycles. The monoisotopic (exact) mass is 211 g/mol. The SMILES string of the molecule is CC(C)Cn1ccn2ncc(CCl)c12. The van der Waals surface area contributed by atoms with E-state index in [0.717, 1.165) is 17.8 Å². The van der Waals surface area contributed by atoms with E-state index in [1.54, 1.807) is 0 Å². The number of aromatic nitrogens is 3. The number of alkyl halides is 1. The van der Waals surface area contributed by atoms with E-state index in [-0.39, 0.29) is 0 Å². The Hall–Kier alpha value is -0.960. The van der Waals surface area contributed by atoms with Gasteiger partial charge in [0.2, 0.25) is 0 Å². The molecule has 0 N–H and O–H groups in total. The van der Waals surface area contributed by atoms with E-state index in [1.807, 2.05) is 16.9 Å². The number of hydrogen-bond donors (Lipinski definition) is 0. The summed E-state index contributed by atoms with van der Waals surface area (Å²) < 4.78 is 4.08. The second-order valence-electron chi connectivity index (χ2n) is 3.92. The van der Waals surface area contributed by atoms with Gasteiger partial charge in [0.25, 0.3) is 0 Å². The second-order valence-corrected chi connectivity index (χ2v) is 4.18. The summed E-state index contributed by atoms with van der Waals surface area (Å²) in [5.74, 6) is 1.15. The number of hydrogen-bond acceptors (Lipinski definition) is 1. The van der Waals surface area contributed by atoms with E-state index >= 15 is 0 Å². The maximum atomic E-state index is 5.85. The highest BCUT2D eigenvalue weighted by Crippen LogP contribution is 2.15. The molecule has 0 atom stereocenters. The van der Waals surface area contributed by atoms with Crippen LogP contribution in [0.4, 0.5) is 0 Å². The zero-order valence-electron chi connectivity index (χ0n) is 8.44. The van der Waals surface area contributed by atoms with Crippen molar-refractivity contribution in [2.45, 2.75) is 26.3 Å². The van der Waals surface area contributed by atoms with Crippen molar-refractivity contribution in [2.24, 2.45) is 5.92 Å². The number of nitrogens with zero attached hydrogens (tertiary/aromatic N) is 3. The Labute approximate surface area is 88.3 Å². The van der Waals surface area contributed by atoms with Crippen LogP contribution in [0.3, 0.4) is 0 Å². The van der Waals surface area contributed by atoms with Crippen molar-refractivity contribution in [3.63, 3.8) is 0 Å². The molecule has 0 radical (unpaired) electrons. The molecule has 2 aromatic rings. The molecule has 4 heteroatoms. The third-order valence-electron chi connectivity index (χ3n) is 2.21. The van der Waals surface area contributed by atoms with E-state index in [4.69, 9.17) is 11.6 Å².